The van der Waals surface area contributed by atoms with Gasteiger partial charge >= 0.3 is 0 Å². The Kier molecular flexibility index (Phi) is 6.09. The van der Waals surface area contributed by atoms with Crippen LogP contribution in [-0.2, 0) is 14.9 Å². The van der Waals surface area contributed by atoms with Crippen molar-refractivity contribution < 1.29 is 18.7 Å². The number of likely N-dealkylation sites (N-methyl/N-ethyl adjacent to an activating group) is 1. The third-order valence-corrected chi connectivity index (χ3v) is 7.90. The number of aromatic nitrogens is 2. The van der Waals surface area contributed by atoms with E-state index in [9.17, 15) is 9.18 Å². The monoisotopic (exact) mass is 490 g/mol. The van der Waals surface area contributed by atoms with Crippen LogP contribution >= 0.6 is 0 Å². The number of ether oxygens (including phenoxy) is 2. The quantitative estimate of drug-likeness (QED) is 0.484. The average Bonchev–Trinajstić information content (AvgIpc) is 3.42. The predicted octanol–water partition coefficient (Wildman–Crippen LogP) is 4.13. The summed E-state index contributed by atoms with van der Waals surface area (Å²) in [5.74, 6) is 0.721. The highest BCUT2D eigenvalue weighted by atomic mass is 19.1. The number of halogens is 1. The van der Waals surface area contributed by atoms with Crippen molar-refractivity contribution in [3.63, 3.8) is 0 Å². The lowest BCUT2D eigenvalue weighted by Crippen LogP contribution is -2.43. The molecule has 8 heteroatoms. The number of carbonyl (C=O) groups excluding carboxylic acids is 1. The number of benzene rings is 1. The Hall–Kier alpha value is -3.10. The molecule has 3 aliphatic heterocycles. The molecule has 0 bridgehead atoms. The molecule has 0 N–H and O–H groups in total. The Morgan fingerprint density at radius 3 is 2.72 bits per heavy atom. The molecular weight excluding hydrogens is 459 g/mol. The van der Waals surface area contributed by atoms with Crippen LogP contribution in [0.25, 0.3) is 22.0 Å². The summed E-state index contributed by atoms with van der Waals surface area (Å²) in [4.78, 5) is 26.4. The largest absolute Gasteiger partial charge is 0.478 e. The van der Waals surface area contributed by atoms with Crippen LogP contribution in [0.2, 0.25) is 0 Å². The van der Waals surface area contributed by atoms with Gasteiger partial charge in [-0.2, -0.15) is 0 Å². The number of hydrogen-bond donors (Lipinski definition) is 0. The average molecular weight is 491 g/mol. The molecule has 5 heterocycles. The van der Waals surface area contributed by atoms with Crippen molar-refractivity contribution in [2.75, 3.05) is 51.4 Å². The summed E-state index contributed by atoms with van der Waals surface area (Å²) >= 11 is 0. The van der Waals surface area contributed by atoms with Gasteiger partial charge in [-0.05, 0) is 49.4 Å². The third-order valence-electron chi connectivity index (χ3n) is 7.90. The van der Waals surface area contributed by atoms with Crippen molar-refractivity contribution >= 4 is 22.5 Å². The molecule has 2 aromatic heterocycles. The van der Waals surface area contributed by atoms with Crippen molar-refractivity contribution in [2.45, 2.75) is 37.3 Å². The van der Waals surface area contributed by atoms with Gasteiger partial charge in [0.2, 0.25) is 11.8 Å². The number of alkyl halides is 1. The topological polar surface area (TPSA) is 67.8 Å². The van der Waals surface area contributed by atoms with E-state index >= 15 is 0 Å². The maximum Gasteiger partial charge on any atom is 0.237 e. The fraction of sp³-hybridized carbons (Fsp3) is 0.464. The zero-order chi connectivity index (χ0) is 24.7. The Morgan fingerprint density at radius 1 is 1.14 bits per heavy atom. The highest BCUT2D eigenvalue weighted by molar-refractivity contribution is 6.12. The lowest BCUT2D eigenvalue weighted by atomic mass is 9.74. The van der Waals surface area contributed by atoms with Gasteiger partial charge in [-0.15, -0.1) is 0 Å². The van der Waals surface area contributed by atoms with E-state index in [0.29, 0.717) is 51.5 Å². The highest BCUT2D eigenvalue weighted by Crippen LogP contribution is 2.50. The number of carbonyl (C=O) groups is 1. The molecule has 6 rings (SSSR count). The standard InChI is InChI=1S/C28H31FN4O3/c1-32-24-17-30-23-5-3-19(15-22(23)26(24)28(27(32)34)8-13-35-14-9-28)20-4-6-25(31-16-20)36-12-2-10-33-11-7-21(29)18-33/h3-6,15-17,21H,2,7-14,18H2,1H3. The van der Waals surface area contributed by atoms with Crippen molar-refractivity contribution in [1.82, 2.24) is 14.9 Å². The molecule has 1 amide bonds. The smallest absolute Gasteiger partial charge is 0.237 e. The van der Waals surface area contributed by atoms with E-state index < -0.39 is 11.6 Å². The molecule has 1 spiro atoms. The SMILES string of the molecule is CN1C(=O)C2(CCOCC2)c2c1cnc1ccc(-c3ccc(OCCCN4CCC(F)C4)nc3)cc21. The minimum Gasteiger partial charge on any atom is -0.478 e. The van der Waals surface area contributed by atoms with Gasteiger partial charge in [0.15, 0.2) is 0 Å². The number of amides is 1. The molecule has 7 nitrogen and oxygen atoms in total. The van der Waals surface area contributed by atoms with Crippen molar-refractivity contribution in [3.05, 3.63) is 48.3 Å². The van der Waals surface area contributed by atoms with Crippen LogP contribution in [0, 0.1) is 0 Å². The van der Waals surface area contributed by atoms with Gasteiger partial charge in [0.25, 0.3) is 0 Å². The van der Waals surface area contributed by atoms with E-state index in [0.717, 1.165) is 52.8 Å². The van der Waals surface area contributed by atoms with Gasteiger partial charge in [0, 0.05) is 68.7 Å². The highest BCUT2D eigenvalue weighted by Gasteiger charge is 2.51. The van der Waals surface area contributed by atoms with Gasteiger partial charge in [-0.1, -0.05) is 6.07 Å². The van der Waals surface area contributed by atoms with Crippen LogP contribution < -0.4 is 9.64 Å². The van der Waals surface area contributed by atoms with E-state index in [2.05, 4.69) is 20.9 Å². The summed E-state index contributed by atoms with van der Waals surface area (Å²) < 4.78 is 24.7. The molecule has 3 aliphatic rings. The summed E-state index contributed by atoms with van der Waals surface area (Å²) in [6, 6.07) is 10.1. The van der Waals surface area contributed by atoms with Gasteiger partial charge in [-0.25, -0.2) is 9.37 Å². The Morgan fingerprint density at radius 2 is 1.97 bits per heavy atom. The molecule has 2 fully saturated rings. The van der Waals surface area contributed by atoms with E-state index in [1.54, 1.807) is 4.90 Å². The maximum absolute atomic E-state index is 13.4. The van der Waals surface area contributed by atoms with Crippen LogP contribution in [0.15, 0.2) is 42.7 Å². The van der Waals surface area contributed by atoms with Crippen LogP contribution in [-0.4, -0.2) is 73.4 Å². The first-order chi connectivity index (χ1) is 17.5. The van der Waals surface area contributed by atoms with Crippen molar-refractivity contribution in [3.8, 4) is 17.0 Å². The second-order valence-corrected chi connectivity index (χ2v) is 10.1. The zero-order valence-corrected chi connectivity index (χ0v) is 20.6. The molecule has 0 saturated carbocycles. The molecule has 36 heavy (non-hydrogen) atoms. The number of fused-ring (bicyclic) bond motifs is 4. The number of pyridine rings is 2. The Labute approximate surface area is 210 Å². The summed E-state index contributed by atoms with van der Waals surface area (Å²) in [7, 11) is 1.84. The molecule has 1 atom stereocenters. The van der Waals surface area contributed by atoms with Gasteiger partial charge in [0.1, 0.15) is 6.17 Å². The molecule has 188 valence electrons. The predicted molar refractivity (Wildman–Crippen MR) is 136 cm³/mol. The number of nitrogens with zero attached hydrogens (tertiary/aromatic N) is 4. The Bertz CT molecular complexity index is 1280. The number of anilines is 1. The lowest BCUT2D eigenvalue weighted by molar-refractivity contribution is -0.126. The van der Waals surface area contributed by atoms with Gasteiger partial charge in [-0.3, -0.25) is 9.78 Å². The molecule has 1 aromatic carbocycles. The van der Waals surface area contributed by atoms with Gasteiger partial charge in [0.05, 0.1) is 29.4 Å². The number of hydrogen-bond acceptors (Lipinski definition) is 6. The molecule has 0 aliphatic carbocycles. The first-order valence-electron chi connectivity index (χ1n) is 12.8. The fourth-order valence-corrected chi connectivity index (χ4v) is 5.93. The summed E-state index contributed by atoms with van der Waals surface area (Å²) in [5, 5.41) is 1.02. The van der Waals surface area contributed by atoms with Crippen LogP contribution in [0.4, 0.5) is 10.1 Å². The summed E-state index contributed by atoms with van der Waals surface area (Å²) in [6.07, 6.45) is 5.82. The first-order valence-corrected chi connectivity index (χ1v) is 12.8. The molecule has 2 saturated heterocycles. The van der Waals surface area contributed by atoms with Crippen molar-refractivity contribution in [1.29, 1.82) is 0 Å². The second kappa shape index (κ2) is 9.41. The third kappa shape index (κ3) is 4.02. The lowest BCUT2D eigenvalue weighted by Gasteiger charge is -2.32. The number of likely N-dealkylation sites (tertiary alicyclic amines) is 1. The normalized spacial score (nSPS) is 21.4. The van der Waals surface area contributed by atoms with Crippen LogP contribution in [0.1, 0.15) is 31.2 Å². The Balaban J connectivity index is 1.22. The maximum atomic E-state index is 13.4. The van der Waals surface area contributed by atoms with Crippen molar-refractivity contribution in [2.24, 2.45) is 0 Å². The zero-order valence-electron chi connectivity index (χ0n) is 20.6. The van der Waals surface area contributed by atoms with E-state index in [-0.39, 0.29) is 5.91 Å². The molecule has 3 aromatic rings. The summed E-state index contributed by atoms with van der Waals surface area (Å²) in [6.45, 7) is 3.94. The number of rotatable bonds is 6. The second-order valence-electron chi connectivity index (χ2n) is 10.1. The van der Waals surface area contributed by atoms with Crippen LogP contribution in [0.3, 0.4) is 0 Å². The van der Waals surface area contributed by atoms with E-state index in [1.807, 2.05) is 43.7 Å². The molecular formula is C28H31FN4O3. The van der Waals surface area contributed by atoms with Gasteiger partial charge < -0.3 is 19.3 Å². The minimum absolute atomic E-state index is 0.137. The fourth-order valence-electron chi connectivity index (χ4n) is 5.93. The van der Waals surface area contributed by atoms with Crippen LogP contribution in [0.5, 0.6) is 5.88 Å². The van der Waals surface area contributed by atoms with E-state index in [1.165, 1.54) is 0 Å². The minimum atomic E-state index is -0.685. The molecule has 1 unspecified atom stereocenters. The first kappa shape index (κ1) is 23.3. The molecule has 0 radical (unpaired) electrons. The summed E-state index contributed by atoms with van der Waals surface area (Å²) in [5.41, 5.74) is 4.32. The van der Waals surface area contributed by atoms with E-state index in [4.69, 9.17) is 9.47 Å².